The van der Waals surface area contributed by atoms with Crippen LogP contribution < -0.4 is 10.1 Å². The highest BCUT2D eigenvalue weighted by atomic mass is 16.2. The summed E-state index contributed by atoms with van der Waals surface area (Å²) in [4.78, 5) is 24.4. The summed E-state index contributed by atoms with van der Waals surface area (Å²) in [5.41, 5.74) is 0.180. The number of rotatable bonds is 2. The highest BCUT2D eigenvalue weighted by Gasteiger charge is 2.33. The predicted molar refractivity (Wildman–Crippen MR) is 87.3 cm³/mol. The fourth-order valence-electron chi connectivity index (χ4n) is 2.27. The van der Waals surface area contributed by atoms with Crippen LogP contribution in [0.25, 0.3) is 15.9 Å². The molecule has 2 aromatic rings. The average Bonchev–Trinajstić information content (AvgIpc) is 3.18. The molecule has 0 aromatic carbocycles. The third-order valence-electron chi connectivity index (χ3n) is 3.40. The topological polar surface area (TPSA) is 72.2 Å². The number of aromatic nitrogens is 3. The quantitative estimate of drug-likeness (QED) is 0.622. The first kappa shape index (κ1) is 7.30. The highest BCUT2D eigenvalue weighted by Crippen LogP contribution is 2.18. The molecule has 0 aliphatic carbocycles. The monoisotopic (exact) mass is 323 g/mol. The molecule has 23 heavy (non-hydrogen) atoms. The van der Waals surface area contributed by atoms with Crippen molar-refractivity contribution in [3.05, 3.63) is 35.5 Å². The number of aromatic amines is 2. The maximum Gasteiger partial charge on any atom is 0.302 e. The molecule has 0 radical (unpaired) electrons. The molecule has 1 saturated heterocycles. The maximum absolute atomic E-state index is 12.9. The normalized spacial score (nSPS) is 39.5. The highest BCUT2D eigenvalue weighted by molar-refractivity contribution is 5.79. The van der Waals surface area contributed by atoms with Gasteiger partial charge in [0, 0.05) is 18.2 Å². The largest absolute Gasteiger partial charge is 0.346 e. The first-order valence-electron chi connectivity index (χ1n) is 11.7. The summed E-state index contributed by atoms with van der Waals surface area (Å²) < 4.78 is 83.8. The Kier molecular flexibility index (Phi) is 1.98. The van der Waals surface area contributed by atoms with Crippen molar-refractivity contribution in [2.75, 3.05) is 26.5 Å². The molecule has 120 valence electrons. The molecule has 0 bridgehead atoms. The van der Waals surface area contributed by atoms with E-state index in [0.29, 0.717) is 5.39 Å². The van der Waals surface area contributed by atoms with Gasteiger partial charge in [-0.15, -0.1) is 0 Å². The number of carbonyl (C=O) groups is 1. The Hall–Kier alpha value is -2.62. The van der Waals surface area contributed by atoms with Gasteiger partial charge in [-0.25, -0.2) is 11.6 Å². The van der Waals surface area contributed by atoms with Gasteiger partial charge in [-0.05, 0) is 18.4 Å². The Morgan fingerprint density at radius 2 is 2.61 bits per heavy atom. The summed E-state index contributed by atoms with van der Waals surface area (Å²) in [5.74, 6) is -3.69. The second kappa shape index (κ2) is 6.24. The minimum atomic E-state index is -3.41. The molecule has 1 fully saturated rings. The molecule has 7 heteroatoms. The summed E-state index contributed by atoms with van der Waals surface area (Å²) in [5, 5.41) is 0.312. The molecule has 1 aliphatic rings. The lowest BCUT2D eigenvalue weighted by molar-refractivity contribution is -0.131. The second-order valence-corrected chi connectivity index (χ2v) is 4.84. The van der Waals surface area contributed by atoms with E-state index in [2.05, 4.69) is 19.8 Å². The minimum Gasteiger partial charge on any atom is -0.346 e. The van der Waals surface area contributed by atoms with E-state index in [1.54, 1.807) is 0 Å². The Morgan fingerprint density at radius 1 is 1.78 bits per heavy atom. The summed E-state index contributed by atoms with van der Waals surface area (Å²) >= 11 is 0. The van der Waals surface area contributed by atoms with Crippen molar-refractivity contribution in [1.29, 1.82) is 0 Å². The number of hydrogen-bond acceptors (Lipinski definition) is 2. The van der Waals surface area contributed by atoms with Crippen molar-refractivity contribution in [2.24, 2.45) is 5.92 Å². The molecule has 0 saturated carbocycles. The fraction of sp³-hybridized carbons (Fsp3) is 0.500. The Morgan fingerprint density at radius 3 is 3.39 bits per heavy atom. The molecule has 1 aliphatic heterocycles. The Labute approximate surface area is 148 Å². The lowest BCUT2D eigenvalue weighted by Crippen LogP contribution is -2.54. The van der Waals surface area contributed by atoms with Crippen LogP contribution in [0, 0.1) is 12.5 Å². The van der Waals surface area contributed by atoms with Crippen LogP contribution in [-0.4, -0.2) is 58.3 Å². The van der Waals surface area contributed by atoms with E-state index in [9.17, 15) is 4.79 Å². The van der Waals surface area contributed by atoms with E-state index in [4.69, 9.17) is 20.3 Å². The van der Waals surface area contributed by atoms with Crippen molar-refractivity contribution in [3.8, 4) is 0 Å². The number of likely N-dealkylation sites (tertiary alicyclic amines) is 1. The molecule has 1 amide bonds. The van der Waals surface area contributed by atoms with Gasteiger partial charge in [0.1, 0.15) is 21.2 Å². The number of likely N-dealkylation sites (N-methyl/N-ethyl adjacent to an activating group) is 1. The zero-order valence-electron chi connectivity index (χ0n) is 22.4. The molecule has 2 N–H and O–H groups in total. The molecule has 0 spiro atoms. The zero-order valence-corrected chi connectivity index (χ0v) is 12.4. The van der Waals surface area contributed by atoms with E-state index in [1.807, 2.05) is 0 Å². The number of amides is 1. The van der Waals surface area contributed by atoms with Gasteiger partial charge in [0.25, 0.3) is 12.0 Å². The van der Waals surface area contributed by atoms with Gasteiger partial charge in [-0.2, -0.15) is 4.98 Å². The van der Waals surface area contributed by atoms with Crippen LogP contribution >= 0.6 is 0 Å². The first-order chi connectivity index (χ1) is 14.9. The van der Waals surface area contributed by atoms with Crippen LogP contribution in [0.1, 0.15) is 27.0 Å². The van der Waals surface area contributed by atoms with Gasteiger partial charge in [0.2, 0.25) is 0 Å². The number of piperidine rings is 1. The van der Waals surface area contributed by atoms with Gasteiger partial charge in [0.15, 0.2) is 6.30 Å². The number of hydrogen-bond donors (Lipinski definition) is 2. The Balaban J connectivity index is 2.45. The summed E-state index contributed by atoms with van der Waals surface area (Å²) in [7, 11) is 1.21. The minimum absolute atomic E-state index is 0.0316. The van der Waals surface area contributed by atoms with Crippen molar-refractivity contribution < 1.29 is 18.5 Å². The van der Waals surface area contributed by atoms with Gasteiger partial charge in [-0.3, -0.25) is 9.37 Å². The molecule has 2 atom stereocenters. The first-order valence-corrected chi connectivity index (χ1v) is 6.73. The number of carbonyl (C=O) groups excluding carboxylic acids is 1. The predicted octanol–water partition coefficient (Wildman–Crippen LogP) is 0.449. The van der Waals surface area contributed by atoms with Crippen molar-refractivity contribution >= 4 is 16.9 Å². The van der Waals surface area contributed by atoms with Crippen LogP contribution in [0.5, 0.6) is 0 Å². The summed E-state index contributed by atoms with van der Waals surface area (Å²) in [6.45, 7) is -2.12. The van der Waals surface area contributed by atoms with Crippen LogP contribution in [0.4, 0.5) is 0 Å². The second-order valence-electron chi connectivity index (χ2n) is 4.84. The zero-order chi connectivity index (χ0) is 25.4. The number of nitrogens with one attached hydrogen (secondary N) is 2. The van der Waals surface area contributed by atoms with Crippen molar-refractivity contribution in [2.45, 2.75) is 19.3 Å². The molecule has 3 heterocycles. The number of fused-ring (bicyclic) bond motifs is 1. The van der Waals surface area contributed by atoms with E-state index in [-0.39, 0.29) is 22.3 Å². The van der Waals surface area contributed by atoms with Gasteiger partial charge >= 0.3 is 5.91 Å². The summed E-state index contributed by atoms with van der Waals surface area (Å²) in [6.07, 6.45) is -1.94. The molecule has 0 unspecified atom stereocenters. The third kappa shape index (κ3) is 2.84. The maximum atomic E-state index is 12.9. The lowest BCUT2D eigenvalue weighted by Gasteiger charge is -2.35. The van der Waals surface area contributed by atoms with E-state index < -0.39 is 43.7 Å². The third-order valence-corrected chi connectivity index (χ3v) is 3.40. The summed E-state index contributed by atoms with van der Waals surface area (Å²) in [6, 6.07) is -1.24. The smallest absolute Gasteiger partial charge is 0.302 e. The molecule has 3 rings (SSSR count). The molecule has 2 aromatic heterocycles. The van der Waals surface area contributed by atoms with Crippen molar-refractivity contribution in [3.63, 3.8) is 0 Å². The van der Waals surface area contributed by atoms with E-state index >= 15 is 0 Å². The van der Waals surface area contributed by atoms with Crippen molar-refractivity contribution in [1.82, 2.24) is 24.4 Å². The number of H-pyrrole nitrogens is 2. The molecular weight excluding hydrogens is 292 g/mol. The average molecular weight is 323 g/mol. The molecule has 7 nitrogen and oxygen atoms in total. The van der Waals surface area contributed by atoms with Crippen LogP contribution in [0.15, 0.2) is 18.6 Å². The van der Waals surface area contributed by atoms with Gasteiger partial charge < -0.3 is 14.7 Å². The van der Waals surface area contributed by atoms with Crippen LogP contribution in [0.3, 0.4) is 0 Å². The van der Waals surface area contributed by atoms with Crippen LogP contribution in [0.2, 0.25) is 0 Å². The van der Waals surface area contributed by atoms with Gasteiger partial charge in [-0.1, -0.05) is 6.92 Å². The van der Waals surface area contributed by atoms with E-state index in [0.717, 1.165) is 11.5 Å². The fourth-order valence-corrected chi connectivity index (χ4v) is 2.27. The lowest BCUT2D eigenvalue weighted by atomic mass is 9.93. The standard InChI is InChI=1S/C16H20N6O/c1-11-5-7-22(14(23)8-17-2)9-13(11)21(3)16-12-4-6-18-15(12)19-10-20-16/h4,6,10-11,13H,5,7-9H2,1,3H3,(H,18,19,20)/p+1/t11-,13+/m1/s1/i5D2,7D2,8D2,9D2,10D,13D. The number of nitrogens with zero attached hydrogens (tertiary/aromatic N) is 4. The Bertz CT molecular complexity index is 1240. The van der Waals surface area contributed by atoms with Gasteiger partial charge in [0.05, 0.1) is 17.7 Å². The van der Waals surface area contributed by atoms with E-state index in [1.165, 1.54) is 19.3 Å². The van der Waals surface area contributed by atoms with Crippen LogP contribution in [-0.2, 0) is 4.79 Å². The molecular formula is C16H21N6O+. The SMILES string of the molecule is [2H]c1nc2[nH]ccc2c(=[N+](C)[C@]2([2H])[C@H](C)C([2H])([2H])C([2H])([2H])N(C(=O)C([2H])([2H])[N+]#[C-])C2([2H])[2H])[nH]1.